The number of H-pyrrole nitrogens is 1. The summed E-state index contributed by atoms with van der Waals surface area (Å²) in [5.41, 5.74) is 3.58. The van der Waals surface area contributed by atoms with Crippen molar-refractivity contribution in [1.82, 2.24) is 19.8 Å². The van der Waals surface area contributed by atoms with E-state index in [9.17, 15) is 22.8 Å². The molecule has 1 saturated heterocycles. The molecule has 6 rings (SSSR count). The zero-order valence-electron chi connectivity index (χ0n) is 24.8. The first-order valence-corrected chi connectivity index (χ1v) is 14.6. The molecule has 2 aliphatic rings. The van der Waals surface area contributed by atoms with Crippen molar-refractivity contribution < 1.29 is 22.8 Å². The van der Waals surface area contributed by atoms with Gasteiger partial charge in [-0.05, 0) is 61.0 Å². The Bertz CT molecular complexity index is 1730. The highest BCUT2D eigenvalue weighted by molar-refractivity contribution is 6.11. The largest absolute Gasteiger partial charge is 0.416 e. The second kappa shape index (κ2) is 11.6. The van der Waals surface area contributed by atoms with Crippen LogP contribution in [0.5, 0.6) is 0 Å². The zero-order chi connectivity index (χ0) is 31.2. The summed E-state index contributed by atoms with van der Waals surface area (Å²) in [4.78, 5) is 42.0. The number of nitrogens with zero attached hydrogens (tertiary/aromatic N) is 5. The van der Waals surface area contributed by atoms with Crippen LogP contribution in [-0.4, -0.2) is 71.5 Å². The number of aryl methyl sites for hydroxylation is 1. The topological polar surface area (TPSA) is 87.8 Å². The SMILES string of the molecule is CCN1CCN(Cc2cc(C(=O)Nc3ccc(C)c(N4Cc5cnc6[nH]ccc6c5N(C)C4=O)c3)cc(C(F)(F)F)c2)CC1. The van der Waals surface area contributed by atoms with Gasteiger partial charge in [0.05, 0.1) is 23.5 Å². The van der Waals surface area contributed by atoms with E-state index in [1.807, 2.05) is 13.0 Å². The molecule has 2 N–H and O–H groups in total. The van der Waals surface area contributed by atoms with Crippen LogP contribution in [0.2, 0.25) is 0 Å². The Labute approximate surface area is 253 Å². The van der Waals surface area contributed by atoms with Crippen LogP contribution in [0.25, 0.3) is 11.0 Å². The number of hydrogen-bond donors (Lipinski definition) is 2. The van der Waals surface area contributed by atoms with Gasteiger partial charge in [0, 0.05) is 74.4 Å². The van der Waals surface area contributed by atoms with Crippen LogP contribution in [0.4, 0.5) is 35.0 Å². The molecule has 0 unspecified atom stereocenters. The normalized spacial score (nSPS) is 16.5. The molecule has 4 heterocycles. The molecule has 0 saturated carbocycles. The first-order valence-electron chi connectivity index (χ1n) is 14.6. The second-order valence-corrected chi connectivity index (χ2v) is 11.4. The van der Waals surface area contributed by atoms with Gasteiger partial charge in [0.25, 0.3) is 5.91 Å². The lowest BCUT2D eigenvalue weighted by molar-refractivity contribution is -0.137. The zero-order valence-corrected chi connectivity index (χ0v) is 24.8. The van der Waals surface area contributed by atoms with Crippen molar-refractivity contribution in [2.75, 3.05) is 54.9 Å². The van der Waals surface area contributed by atoms with Crippen LogP contribution in [0.3, 0.4) is 0 Å². The fourth-order valence-electron chi connectivity index (χ4n) is 6.03. The predicted molar refractivity (Wildman–Crippen MR) is 164 cm³/mol. The van der Waals surface area contributed by atoms with Gasteiger partial charge in [-0.2, -0.15) is 13.2 Å². The van der Waals surface area contributed by atoms with Gasteiger partial charge in [-0.15, -0.1) is 0 Å². The summed E-state index contributed by atoms with van der Waals surface area (Å²) in [7, 11) is 1.70. The standard InChI is InChI=1S/C32H34F3N7O2/c1-4-40-9-11-41(12-10-40)18-21-13-22(15-24(14-21)32(33,34)35)30(43)38-25-6-5-20(2)27(16-25)42-19-23-17-37-29-26(7-8-36-29)28(23)39(3)31(42)44/h5-8,13-17H,4,9-12,18-19H2,1-3H3,(H,36,37)(H,38,43). The number of benzene rings is 2. The number of likely N-dealkylation sites (N-methyl/N-ethyl adjacent to an activating group) is 1. The number of rotatable bonds is 6. The number of halogens is 3. The number of aromatic nitrogens is 2. The highest BCUT2D eigenvalue weighted by Crippen LogP contribution is 2.37. The van der Waals surface area contributed by atoms with E-state index in [0.29, 0.717) is 29.1 Å². The summed E-state index contributed by atoms with van der Waals surface area (Å²) < 4.78 is 41.6. The summed E-state index contributed by atoms with van der Waals surface area (Å²) in [6.45, 7) is 8.69. The number of pyridine rings is 1. The smallest absolute Gasteiger partial charge is 0.346 e. The number of aromatic amines is 1. The van der Waals surface area contributed by atoms with Gasteiger partial charge in [0.2, 0.25) is 0 Å². The van der Waals surface area contributed by atoms with Crippen LogP contribution >= 0.6 is 0 Å². The summed E-state index contributed by atoms with van der Waals surface area (Å²) in [5.74, 6) is -0.658. The predicted octanol–water partition coefficient (Wildman–Crippen LogP) is 5.86. The lowest BCUT2D eigenvalue weighted by Crippen LogP contribution is -2.45. The molecular formula is C32H34F3N7O2. The molecule has 2 aromatic carbocycles. The van der Waals surface area contributed by atoms with E-state index in [0.717, 1.165) is 67.1 Å². The number of hydrogen-bond acceptors (Lipinski definition) is 5. The third-order valence-corrected chi connectivity index (χ3v) is 8.47. The number of fused-ring (bicyclic) bond motifs is 3. The molecule has 3 amide bonds. The third-order valence-electron chi connectivity index (χ3n) is 8.47. The van der Waals surface area contributed by atoms with Crippen molar-refractivity contribution in [1.29, 1.82) is 0 Å². The van der Waals surface area contributed by atoms with E-state index in [1.54, 1.807) is 47.4 Å². The van der Waals surface area contributed by atoms with Crippen molar-refractivity contribution >= 4 is 40.0 Å². The Kier molecular flexibility index (Phi) is 7.80. The van der Waals surface area contributed by atoms with Crippen molar-refractivity contribution in [2.24, 2.45) is 0 Å². The minimum Gasteiger partial charge on any atom is -0.346 e. The lowest BCUT2D eigenvalue weighted by atomic mass is 10.0. The monoisotopic (exact) mass is 605 g/mol. The van der Waals surface area contributed by atoms with Gasteiger partial charge in [-0.3, -0.25) is 19.5 Å². The van der Waals surface area contributed by atoms with Crippen molar-refractivity contribution in [2.45, 2.75) is 33.1 Å². The van der Waals surface area contributed by atoms with E-state index in [2.05, 4.69) is 32.0 Å². The lowest BCUT2D eigenvalue weighted by Gasteiger charge is -2.36. The summed E-state index contributed by atoms with van der Waals surface area (Å²) in [6.07, 6.45) is -1.08. The van der Waals surface area contributed by atoms with Gasteiger partial charge in [-0.25, -0.2) is 9.78 Å². The van der Waals surface area contributed by atoms with Crippen LogP contribution in [-0.2, 0) is 19.3 Å². The Balaban J connectivity index is 1.25. The molecule has 0 atom stereocenters. The Hall–Kier alpha value is -4.42. The van der Waals surface area contributed by atoms with Gasteiger partial charge < -0.3 is 15.2 Å². The number of carbonyl (C=O) groups excluding carboxylic acids is 2. The number of carbonyl (C=O) groups is 2. The number of anilines is 3. The number of amides is 3. The van der Waals surface area contributed by atoms with E-state index >= 15 is 0 Å². The first kappa shape index (κ1) is 29.6. The van der Waals surface area contributed by atoms with Crippen LogP contribution in [0, 0.1) is 6.92 Å². The Morgan fingerprint density at radius 2 is 1.80 bits per heavy atom. The quantitative estimate of drug-likeness (QED) is 0.288. The van der Waals surface area contributed by atoms with E-state index in [-0.39, 0.29) is 18.1 Å². The second-order valence-electron chi connectivity index (χ2n) is 11.4. The molecular weight excluding hydrogens is 571 g/mol. The fraction of sp³-hybridized carbons (Fsp3) is 0.344. The van der Waals surface area contributed by atoms with Crippen molar-refractivity contribution in [3.63, 3.8) is 0 Å². The van der Waals surface area contributed by atoms with E-state index < -0.39 is 17.6 Å². The van der Waals surface area contributed by atoms with Crippen LogP contribution in [0.15, 0.2) is 54.9 Å². The number of urea groups is 1. The van der Waals surface area contributed by atoms with Gasteiger partial charge >= 0.3 is 12.2 Å². The van der Waals surface area contributed by atoms with Gasteiger partial charge in [-0.1, -0.05) is 13.0 Å². The maximum Gasteiger partial charge on any atom is 0.416 e. The fourth-order valence-corrected chi connectivity index (χ4v) is 6.03. The maximum absolute atomic E-state index is 13.9. The van der Waals surface area contributed by atoms with E-state index in [1.165, 1.54) is 6.07 Å². The first-order chi connectivity index (χ1) is 21.0. The molecule has 0 aliphatic carbocycles. The van der Waals surface area contributed by atoms with Crippen LogP contribution < -0.4 is 15.1 Å². The molecule has 44 heavy (non-hydrogen) atoms. The molecule has 2 aliphatic heterocycles. The molecule has 9 nitrogen and oxygen atoms in total. The minimum atomic E-state index is -4.60. The number of nitrogens with one attached hydrogen (secondary N) is 2. The van der Waals surface area contributed by atoms with E-state index in [4.69, 9.17) is 0 Å². The minimum absolute atomic E-state index is 0.0755. The maximum atomic E-state index is 13.9. The average molecular weight is 606 g/mol. The van der Waals surface area contributed by atoms with Gasteiger partial charge in [0.15, 0.2) is 0 Å². The number of alkyl halides is 3. The molecule has 2 aromatic heterocycles. The average Bonchev–Trinajstić information content (AvgIpc) is 3.49. The summed E-state index contributed by atoms with van der Waals surface area (Å²) in [5, 5.41) is 3.61. The van der Waals surface area contributed by atoms with Crippen molar-refractivity contribution in [3.8, 4) is 0 Å². The molecule has 0 spiro atoms. The molecule has 230 valence electrons. The Morgan fingerprint density at radius 3 is 2.52 bits per heavy atom. The molecule has 4 aromatic rings. The van der Waals surface area contributed by atoms with Gasteiger partial charge in [0.1, 0.15) is 5.65 Å². The molecule has 1 fully saturated rings. The van der Waals surface area contributed by atoms with Crippen molar-refractivity contribution in [3.05, 3.63) is 82.7 Å². The number of piperazine rings is 1. The third kappa shape index (κ3) is 5.74. The summed E-state index contributed by atoms with van der Waals surface area (Å²) >= 11 is 0. The highest BCUT2D eigenvalue weighted by atomic mass is 19.4. The molecule has 0 bridgehead atoms. The highest BCUT2D eigenvalue weighted by Gasteiger charge is 2.33. The summed E-state index contributed by atoms with van der Waals surface area (Å²) in [6, 6.07) is 10.3. The molecule has 0 radical (unpaired) electrons. The van der Waals surface area contributed by atoms with Crippen LogP contribution in [0.1, 0.15) is 39.5 Å². The molecule has 12 heteroatoms. The Morgan fingerprint density at radius 1 is 1.05 bits per heavy atom.